The fourth-order valence-corrected chi connectivity index (χ4v) is 2.36. The van der Waals surface area contributed by atoms with Crippen LogP contribution >= 0.6 is 0 Å². The van der Waals surface area contributed by atoms with E-state index in [-0.39, 0.29) is 32.7 Å². The first-order valence-corrected chi connectivity index (χ1v) is 6.41. The minimum Gasteiger partial charge on any atom is -0.267 e. The van der Waals surface area contributed by atoms with Crippen molar-refractivity contribution < 1.29 is 32.7 Å². The van der Waals surface area contributed by atoms with Crippen LogP contribution in [0.1, 0.15) is 0 Å². The average Bonchev–Trinajstić information content (AvgIpc) is 2.54. The van der Waals surface area contributed by atoms with Crippen molar-refractivity contribution >= 4 is 21.5 Å². The molecule has 2 nitrogen and oxygen atoms in total. The van der Waals surface area contributed by atoms with Gasteiger partial charge in [0, 0.05) is 57.5 Å². The predicted molar refractivity (Wildman–Crippen MR) is 80.2 cm³/mol. The van der Waals surface area contributed by atoms with Gasteiger partial charge in [-0.05, 0) is 0 Å². The maximum absolute atomic E-state index is 4.16. The van der Waals surface area contributed by atoms with Gasteiger partial charge in [-0.25, -0.2) is 11.1 Å². The Hall–Kier alpha value is -1.64. The van der Waals surface area contributed by atoms with Crippen molar-refractivity contribution in [2.75, 3.05) is 0 Å². The second kappa shape index (κ2) is 6.01. The summed E-state index contributed by atoms with van der Waals surface area (Å²) in [7, 11) is 0. The molecule has 0 aliphatic heterocycles. The Morgan fingerprint density at radius 1 is 0.667 bits per heavy atom. The molecule has 2 aromatic carbocycles. The quantitative estimate of drug-likeness (QED) is 0.488. The van der Waals surface area contributed by atoms with Crippen LogP contribution in [0.15, 0.2) is 61.2 Å². The smallest absolute Gasteiger partial charge is 0.0181 e. The number of fused-ring (bicyclic) bond motifs is 2. The van der Waals surface area contributed by atoms with Crippen LogP contribution in [0.3, 0.4) is 0 Å². The van der Waals surface area contributed by atoms with Gasteiger partial charge < -0.3 is 0 Å². The van der Waals surface area contributed by atoms with Gasteiger partial charge in [-0.2, -0.15) is 24.3 Å². The molecule has 2 aromatic heterocycles. The summed E-state index contributed by atoms with van der Waals surface area (Å²) >= 11 is 0. The number of nitrogens with zero attached hydrogens (tertiary/aromatic N) is 2. The first-order chi connectivity index (χ1) is 9.90. The minimum absolute atomic E-state index is 0. The molecule has 0 atom stereocenters. The Morgan fingerprint density at radius 3 is 1.62 bits per heavy atom. The molecule has 21 heavy (non-hydrogen) atoms. The molecule has 0 N–H and O–H groups in total. The summed E-state index contributed by atoms with van der Waals surface area (Å²) in [6.45, 7) is 0. The van der Waals surface area contributed by atoms with Crippen molar-refractivity contribution in [2.24, 2.45) is 0 Å². The summed E-state index contributed by atoms with van der Waals surface area (Å²) < 4.78 is 0. The molecule has 4 aromatic rings. The van der Waals surface area contributed by atoms with Gasteiger partial charge in [-0.3, -0.25) is 9.97 Å². The van der Waals surface area contributed by atoms with Crippen LogP contribution in [0.5, 0.6) is 0 Å². The summed E-state index contributed by atoms with van der Waals surface area (Å²) in [5.74, 6) is 0. The average molecular weight is 343 g/mol. The van der Waals surface area contributed by atoms with Crippen molar-refractivity contribution in [3.63, 3.8) is 0 Å². The molecule has 97 valence electrons. The number of benzene rings is 2. The van der Waals surface area contributed by atoms with Gasteiger partial charge in [0.15, 0.2) is 0 Å². The van der Waals surface area contributed by atoms with Crippen LogP contribution in [0.2, 0.25) is 0 Å². The predicted octanol–water partition coefficient (Wildman–Crippen LogP) is 4.05. The van der Waals surface area contributed by atoms with E-state index < -0.39 is 0 Å². The van der Waals surface area contributed by atoms with Gasteiger partial charge in [0.1, 0.15) is 0 Å². The molecule has 4 rings (SSSR count). The Balaban J connectivity index is 0.00000132. The third kappa shape index (κ3) is 2.74. The van der Waals surface area contributed by atoms with Crippen LogP contribution in [0.4, 0.5) is 0 Å². The normalized spacial score (nSPS) is 10.5. The first kappa shape index (κ1) is 14.3. The second-order valence-corrected chi connectivity index (χ2v) is 4.70. The summed E-state index contributed by atoms with van der Waals surface area (Å²) in [6, 6.07) is 18.8. The van der Waals surface area contributed by atoms with Gasteiger partial charge in [-0.1, -0.05) is 33.7 Å². The van der Waals surface area contributed by atoms with Crippen LogP contribution in [0, 0.1) is 12.1 Å². The van der Waals surface area contributed by atoms with E-state index in [1.54, 1.807) is 12.4 Å². The van der Waals surface area contributed by atoms with E-state index in [4.69, 9.17) is 0 Å². The summed E-state index contributed by atoms with van der Waals surface area (Å²) in [5, 5.41) is 4.51. The molecule has 1 radical (unpaired) electrons. The van der Waals surface area contributed by atoms with Gasteiger partial charge in [0.25, 0.3) is 0 Å². The van der Waals surface area contributed by atoms with Crippen LogP contribution in [0.25, 0.3) is 32.7 Å². The van der Waals surface area contributed by atoms with Gasteiger partial charge in [0.2, 0.25) is 0 Å². The maximum Gasteiger partial charge on any atom is 0.0181 e. The maximum atomic E-state index is 4.16. The molecule has 0 unspecified atom stereocenters. The SMILES string of the molecule is [Y].[c-]1cc2ccncc2cc1-c1[c-]cc2ccncc2c1. The van der Waals surface area contributed by atoms with Crippen molar-refractivity contribution in [2.45, 2.75) is 0 Å². The van der Waals surface area contributed by atoms with E-state index in [2.05, 4.69) is 34.2 Å². The fourth-order valence-electron chi connectivity index (χ4n) is 2.36. The van der Waals surface area contributed by atoms with E-state index in [1.807, 2.05) is 36.7 Å². The van der Waals surface area contributed by atoms with Gasteiger partial charge >= 0.3 is 0 Å². The number of hydrogen-bond donors (Lipinski definition) is 0. The molecule has 0 saturated carbocycles. The molecular weight excluding hydrogens is 333 g/mol. The molecular formula is C18H10N2Y-2. The number of aromatic nitrogens is 2. The first-order valence-electron chi connectivity index (χ1n) is 6.41. The Bertz CT molecular complexity index is 841. The molecule has 0 amide bonds. The number of pyridine rings is 2. The zero-order chi connectivity index (χ0) is 13.4. The monoisotopic (exact) mass is 343 g/mol. The summed E-state index contributed by atoms with van der Waals surface area (Å²) in [6.07, 6.45) is 7.33. The van der Waals surface area contributed by atoms with Crippen LogP contribution in [-0.2, 0) is 32.7 Å². The fraction of sp³-hybridized carbons (Fsp3) is 0. The molecule has 0 bridgehead atoms. The zero-order valence-corrected chi connectivity index (χ0v) is 14.1. The molecule has 2 heterocycles. The number of rotatable bonds is 1. The van der Waals surface area contributed by atoms with Crippen molar-refractivity contribution in [3.8, 4) is 11.1 Å². The zero-order valence-electron chi connectivity index (χ0n) is 11.2. The Morgan fingerprint density at radius 2 is 1.14 bits per heavy atom. The van der Waals surface area contributed by atoms with Crippen molar-refractivity contribution in [1.29, 1.82) is 0 Å². The topological polar surface area (TPSA) is 25.8 Å². The minimum atomic E-state index is 0. The molecule has 0 spiro atoms. The Labute approximate surface area is 148 Å². The third-order valence-corrected chi connectivity index (χ3v) is 3.43. The molecule has 0 aliphatic carbocycles. The van der Waals surface area contributed by atoms with E-state index in [0.29, 0.717) is 0 Å². The van der Waals surface area contributed by atoms with E-state index in [1.165, 1.54) is 0 Å². The van der Waals surface area contributed by atoms with Crippen LogP contribution in [-0.4, -0.2) is 9.97 Å². The molecule has 0 aliphatic rings. The van der Waals surface area contributed by atoms with Crippen molar-refractivity contribution in [1.82, 2.24) is 9.97 Å². The van der Waals surface area contributed by atoms with E-state index in [9.17, 15) is 0 Å². The van der Waals surface area contributed by atoms with E-state index in [0.717, 1.165) is 32.7 Å². The molecule has 3 heteroatoms. The standard InChI is InChI=1S/C18H10N2.Y/c1-3-15(9-17-11-19-7-5-13(1)17)16-4-2-14-6-8-20-12-18(14)10-16;/h1-2,5-12H;/q-2;. The van der Waals surface area contributed by atoms with E-state index >= 15 is 0 Å². The number of hydrogen-bond acceptors (Lipinski definition) is 2. The van der Waals surface area contributed by atoms with Gasteiger partial charge in [0.05, 0.1) is 0 Å². The third-order valence-electron chi connectivity index (χ3n) is 3.43. The summed E-state index contributed by atoms with van der Waals surface area (Å²) in [4.78, 5) is 8.33. The largest absolute Gasteiger partial charge is 0.267 e. The van der Waals surface area contributed by atoms with Crippen LogP contribution < -0.4 is 0 Å². The molecule has 0 saturated heterocycles. The van der Waals surface area contributed by atoms with Gasteiger partial charge in [-0.15, -0.1) is 12.1 Å². The Kier molecular flexibility index (Phi) is 4.09. The van der Waals surface area contributed by atoms with Crippen molar-refractivity contribution in [3.05, 3.63) is 73.3 Å². The second-order valence-electron chi connectivity index (χ2n) is 4.70. The molecule has 0 fully saturated rings. The summed E-state index contributed by atoms with van der Waals surface area (Å²) in [5.41, 5.74) is 2.05.